The van der Waals surface area contributed by atoms with Crippen LogP contribution in [0.25, 0.3) is 0 Å². The molecule has 2 fully saturated rings. The van der Waals surface area contributed by atoms with Gasteiger partial charge < -0.3 is 0 Å². The van der Waals surface area contributed by atoms with Crippen molar-refractivity contribution < 1.29 is 0 Å². The van der Waals surface area contributed by atoms with Crippen molar-refractivity contribution in [1.29, 1.82) is 0 Å². The maximum atomic E-state index is 5.95. The molecule has 2 atom stereocenters. The topological polar surface area (TPSA) is 3.24 Å². The minimum absolute atomic E-state index is 0.648. The number of hydrogen-bond acceptors (Lipinski definition) is 2. The zero-order valence-electron chi connectivity index (χ0n) is 14.5. The first kappa shape index (κ1) is 17.1. The van der Waals surface area contributed by atoms with Gasteiger partial charge in [0.1, 0.15) is 0 Å². The highest BCUT2D eigenvalue weighted by Gasteiger charge is 2.33. The molecule has 0 amide bonds. The summed E-state index contributed by atoms with van der Waals surface area (Å²) in [6, 6.07) is 11.2. The van der Waals surface area contributed by atoms with Crippen molar-refractivity contribution in [3.05, 3.63) is 35.9 Å². The standard InChI is InChI=1S/C21H31NS/c1-2-13-22-15-19(17-9-5-3-6-10-17)14-20(21(23)16-22)18-11-7-4-8-12-18/h3,5-6,9-10,18-20H,2,4,7-8,11-16H2,1H3. The molecule has 1 saturated heterocycles. The molecule has 0 bridgehead atoms. The zero-order valence-corrected chi connectivity index (χ0v) is 15.4. The van der Waals surface area contributed by atoms with Gasteiger partial charge in [-0.1, -0.05) is 68.7 Å². The predicted octanol–water partition coefficient (Wildman–Crippen LogP) is 5.45. The molecule has 126 valence electrons. The molecule has 1 nitrogen and oxygen atoms in total. The fourth-order valence-corrected chi connectivity index (χ4v) is 5.14. The summed E-state index contributed by atoms with van der Waals surface area (Å²) >= 11 is 5.95. The van der Waals surface area contributed by atoms with Crippen LogP contribution < -0.4 is 0 Å². The van der Waals surface area contributed by atoms with Crippen LogP contribution in [0.15, 0.2) is 30.3 Å². The van der Waals surface area contributed by atoms with Crippen molar-refractivity contribution in [3.8, 4) is 0 Å². The first-order valence-electron chi connectivity index (χ1n) is 9.58. The van der Waals surface area contributed by atoms with Crippen LogP contribution >= 0.6 is 12.2 Å². The number of hydrogen-bond donors (Lipinski definition) is 0. The molecule has 0 radical (unpaired) electrons. The van der Waals surface area contributed by atoms with Gasteiger partial charge in [0, 0.05) is 18.0 Å². The Kier molecular flexibility index (Phi) is 6.24. The lowest BCUT2D eigenvalue weighted by Gasteiger charge is -2.31. The molecular formula is C21H31NS. The van der Waals surface area contributed by atoms with E-state index in [1.54, 1.807) is 0 Å². The number of nitrogens with zero attached hydrogens (tertiary/aromatic N) is 1. The van der Waals surface area contributed by atoms with Crippen molar-refractivity contribution in [2.45, 2.75) is 57.8 Å². The normalized spacial score (nSPS) is 27.8. The average molecular weight is 330 g/mol. The van der Waals surface area contributed by atoms with Crippen molar-refractivity contribution >= 4 is 17.1 Å². The Bertz CT molecular complexity index is 492. The fraction of sp³-hybridized carbons (Fsp3) is 0.667. The molecule has 3 rings (SSSR count). The molecule has 1 heterocycles. The zero-order chi connectivity index (χ0) is 16.1. The van der Waals surface area contributed by atoms with Crippen LogP contribution in [0.5, 0.6) is 0 Å². The summed E-state index contributed by atoms with van der Waals surface area (Å²) in [5, 5.41) is 0. The van der Waals surface area contributed by atoms with Gasteiger partial charge in [-0.2, -0.15) is 0 Å². The summed E-state index contributed by atoms with van der Waals surface area (Å²) in [4.78, 5) is 3.96. The molecule has 0 spiro atoms. The van der Waals surface area contributed by atoms with E-state index in [4.69, 9.17) is 12.2 Å². The first-order valence-corrected chi connectivity index (χ1v) is 9.98. The minimum atomic E-state index is 0.648. The maximum absolute atomic E-state index is 5.95. The molecule has 1 aliphatic heterocycles. The third kappa shape index (κ3) is 4.42. The van der Waals surface area contributed by atoms with Gasteiger partial charge in [-0.05, 0) is 55.5 Å². The second kappa shape index (κ2) is 8.39. The van der Waals surface area contributed by atoms with Gasteiger partial charge in [-0.3, -0.25) is 4.90 Å². The largest absolute Gasteiger partial charge is 0.298 e. The molecule has 1 aliphatic carbocycles. The summed E-state index contributed by atoms with van der Waals surface area (Å²) in [5.74, 6) is 2.16. The highest BCUT2D eigenvalue weighted by molar-refractivity contribution is 7.80. The lowest BCUT2D eigenvalue weighted by Crippen LogP contribution is -2.33. The van der Waals surface area contributed by atoms with Gasteiger partial charge in [-0.25, -0.2) is 0 Å². The monoisotopic (exact) mass is 329 g/mol. The number of likely N-dealkylation sites (tertiary alicyclic amines) is 1. The SMILES string of the molecule is CCCN1CC(=S)C(C2CCCCC2)CC(c2ccccc2)C1. The fourth-order valence-electron chi connectivity index (χ4n) is 4.67. The molecule has 2 aliphatic rings. The Morgan fingerprint density at radius 2 is 1.83 bits per heavy atom. The van der Waals surface area contributed by atoms with E-state index in [0.29, 0.717) is 11.8 Å². The molecule has 1 aromatic rings. The van der Waals surface area contributed by atoms with E-state index in [2.05, 4.69) is 42.2 Å². The first-order chi connectivity index (χ1) is 11.3. The van der Waals surface area contributed by atoms with E-state index in [-0.39, 0.29) is 0 Å². The Balaban J connectivity index is 1.81. The van der Waals surface area contributed by atoms with Crippen molar-refractivity contribution in [2.75, 3.05) is 19.6 Å². The van der Waals surface area contributed by atoms with E-state index in [1.807, 2.05) is 0 Å². The van der Waals surface area contributed by atoms with E-state index >= 15 is 0 Å². The number of benzene rings is 1. The van der Waals surface area contributed by atoms with Gasteiger partial charge in [-0.15, -0.1) is 0 Å². The maximum Gasteiger partial charge on any atom is 0.0300 e. The van der Waals surface area contributed by atoms with Crippen LogP contribution in [0, 0.1) is 11.8 Å². The molecule has 0 aromatic heterocycles. The minimum Gasteiger partial charge on any atom is -0.298 e. The molecule has 0 N–H and O–H groups in total. The van der Waals surface area contributed by atoms with Crippen molar-refractivity contribution in [1.82, 2.24) is 4.90 Å². The van der Waals surface area contributed by atoms with Gasteiger partial charge >= 0.3 is 0 Å². The Hall–Kier alpha value is -0.730. The third-order valence-corrected chi connectivity index (χ3v) is 6.27. The van der Waals surface area contributed by atoms with Crippen LogP contribution in [0.1, 0.15) is 63.4 Å². The van der Waals surface area contributed by atoms with Crippen LogP contribution in [0.4, 0.5) is 0 Å². The van der Waals surface area contributed by atoms with Gasteiger partial charge in [0.2, 0.25) is 0 Å². The quantitative estimate of drug-likeness (QED) is 0.676. The van der Waals surface area contributed by atoms with Crippen LogP contribution in [-0.2, 0) is 0 Å². The number of thiocarbonyl (C=S) groups is 1. The predicted molar refractivity (Wildman–Crippen MR) is 103 cm³/mol. The second-order valence-corrected chi connectivity index (χ2v) is 8.07. The highest BCUT2D eigenvalue weighted by Crippen LogP contribution is 2.39. The Morgan fingerprint density at radius 3 is 2.52 bits per heavy atom. The summed E-state index contributed by atoms with van der Waals surface area (Å²) in [5.41, 5.74) is 1.51. The second-order valence-electron chi connectivity index (χ2n) is 7.55. The third-order valence-electron chi connectivity index (χ3n) is 5.84. The lowest BCUT2D eigenvalue weighted by atomic mass is 9.74. The highest BCUT2D eigenvalue weighted by atomic mass is 32.1. The Morgan fingerprint density at radius 1 is 1.09 bits per heavy atom. The van der Waals surface area contributed by atoms with Gasteiger partial charge in [0.25, 0.3) is 0 Å². The summed E-state index contributed by atoms with van der Waals surface area (Å²) in [6.07, 6.45) is 9.56. The molecule has 2 unspecified atom stereocenters. The summed E-state index contributed by atoms with van der Waals surface area (Å²) in [7, 11) is 0. The van der Waals surface area contributed by atoms with Crippen LogP contribution in [-0.4, -0.2) is 29.4 Å². The molecular weight excluding hydrogens is 298 g/mol. The van der Waals surface area contributed by atoms with E-state index < -0.39 is 0 Å². The lowest BCUT2D eigenvalue weighted by molar-refractivity contribution is 0.270. The summed E-state index contributed by atoms with van der Waals surface area (Å²) < 4.78 is 0. The van der Waals surface area contributed by atoms with Crippen molar-refractivity contribution in [2.24, 2.45) is 11.8 Å². The smallest absolute Gasteiger partial charge is 0.0300 e. The molecule has 23 heavy (non-hydrogen) atoms. The van der Waals surface area contributed by atoms with E-state index in [0.717, 1.165) is 12.5 Å². The molecule has 2 heteroatoms. The van der Waals surface area contributed by atoms with Crippen molar-refractivity contribution in [3.63, 3.8) is 0 Å². The van der Waals surface area contributed by atoms with Crippen LogP contribution in [0.2, 0.25) is 0 Å². The molecule has 1 aromatic carbocycles. The van der Waals surface area contributed by atoms with E-state index in [1.165, 1.54) is 68.5 Å². The van der Waals surface area contributed by atoms with E-state index in [9.17, 15) is 0 Å². The molecule has 1 saturated carbocycles. The van der Waals surface area contributed by atoms with Gasteiger partial charge in [0.15, 0.2) is 0 Å². The number of rotatable bonds is 4. The van der Waals surface area contributed by atoms with Gasteiger partial charge in [0.05, 0.1) is 0 Å². The average Bonchev–Trinajstić information content (AvgIpc) is 2.76. The summed E-state index contributed by atoms with van der Waals surface area (Å²) in [6.45, 7) is 5.69. The van der Waals surface area contributed by atoms with Crippen LogP contribution in [0.3, 0.4) is 0 Å². The Labute approximate surface area is 147 Å².